The Balaban J connectivity index is 2.68. The molecule has 1 fully saturated rings. The largest absolute Gasteiger partial charge is 0.359 e. The molecule has 0 radical (unpaired) electrons. The number of rotatable bonds is 3. The van der Waals surface area contributed by atoms with Crippen LogP contribution in [0.3, 0.4) is 0 Å². The van der Waals surface area contributed by atoms with E-state index in [9.17, 15) is 9.59 Å². The summed E-state index contributed by atoms with van der Waals surface area (Å²) in [5, 5.41) is 2.67. The molecule has 98 valence electrons. The molecule has 17 heavy (non-hydrogen) atoms. The second-order valence-corrected chi connectivity index (χ2v) is 6.28. The van der Waals surface area contributed by atoms with E-state index in [1.54, 1.807) is 11.9 Å². The van der Waals surface area contributed by atoms with Crippen LogP contribution in [0.15, 0.2) is 0 Å². The first-order valence-electron chi connectivity index (χ1n) is 5.97. The lowest BCUT2D eigenvalue weighted by Crippen LogP contribution is -2.42. The maximum atomic E-state index is 12.1. The molecule has 0 aromatic carbocycles. The predicted molar refractivity (Wildman–Crippen MR) is 70.9 cm³/mol. The van der Waals surface area contributed by atoms with E-state index < -0.39 is 5.41 Å². The van der Waals surface area contributed by atoms with Crippen molar-refractivity contribution in [1.29, 1.82) is 0 Å². The van der Waals surface area contributed by atoms with Crippen molar-refractivity contribution in [2.24, 2.45) is 11.3 Å². The summed E-state index contributed by atoms with van der Waals surface area (Å²) in [4.78, 5) is 25.5. The number of hydrogen-bond acceptors (Lipinski definition) is 2. The van der Waals surface area contributed by atoms with Gasteiger partial charge in [0.15, 0.2) is 0 Å². The number of hydrogen-bond donors (Lipinski definition) is 1. The molecule has 1 saturated heterocycles. The Kier molecular flexibility index (Phi) is 4.58. The third-order valence-electron chi connectivity index (χ3n) is 3.38. The monoisotopic (exact) mass is 304 g/mol. The molecular weight excluding hydrogens is 284 g/mol. The third kappa shape index (κ3) is 3.00. The van der Waals surface area contributed by atoms with Gasteiger partial charge >= 0.3 is 0 Å². The molecule has 2 atom stereocenters. The number of carbonyl (C=O) groups is 2. The van der Waals surface area contributed by atoms with Crippen LogP contribution in [-0.4, -0.2) is 41.7 Å². The quantitative estimate of drug-likeness (QED) is 0.801. The van der Waals surface area contributed by atoms with Crippen LogP contribution in [0.5, 0.6) is 0 Å². The van der Waals surface area contributed by atoms with Gasteiger partial charge in [0.25, 0.3) is 0 Å². The van der Waals surface area contributed by atoms with Crippen molar-refractivity contribution < 1.29 is 9.59 Å². The lowest BCUT2D eigenvalue weighted by molar-refractivity contribution is -0.132. The molecule has 4 nitrogen and oxygen atoms in total. The van der Waals surface area contributed by atoms with E-state index in [2.05, 4.69) is 21.2 Å². The Morgan fingerprint density at radius 1 is 1.41 bits per heavy atom. The molecule has 0 saturated carbocycles. The van der Waals surface area contributed by atoms with E-state index in [0.717, 1.165) is 6.42 Å². The Morgan fingerprint density at radius 3 is 2.47 bits per heavy atom. The highest BCUT2D eigenvalue weighted by Crippen LogP contribution is 2.31. The van der Waals surface area contributed by atoms with Crippen LogP contribution in [0.2, 0.25) is 0 Å². The van der Waals surface area contributed by atoms with Crippen molar-refractivity contribution in [1.82, 2.24) is 10.2 Å². The summed E-state index contributed by atoms with van der Waals surface area (Å²) < 4.78 is 0. The number of carbonyl (C=O) groups excluding carboxylic acids is 2. The number of nitrogens with zero attached hydrogens (tertiary/aromatic N) is 1. The van der Waals surface area contributed by atoms with Crippen molar-refractivity contribution in [3.63, 3.8) is 0 Å². The second-order valence-electron chi connectivity index (χ2n) is 5.30. The van der Waals surface area contributed by atoms with Crippen molar-refractivity contribution in [3.05, 3.63) is 0 Å². The molecular formula is C12H21BrN2O2. The summed E-state index contributed by atoms with van der Waals surface area (Å²) in [6, 6.07) is 0. The minimum atomic E-state index is -0.436. The van der Waals surface area contributed by atoms with Gasteiger partial charge in [0.2, 0.25) is 11.8 Å². The molecule has 0 aromatic heterocycles. The van der Waals surface area contributed by atoms with Crippen LogP contribution in [0.4, 0.5) is 0 Å². The Bertz CT molecular complexity index is 320. The maximum absolute atomic E-state index is 12.1. The highest BCUT2D eigenvalue weighted by Gasteiger charge is 2.42. The second kappa shape index (κ2) is 5.38. The van der Waals surface area contributed by atoms with E-state index in [4.69, 9.17) is 0 Å². The topological polar surface area (TPSA) is 49.4 Å². The third-order valence-corrected chi connectivity index (χ3v) is 4.83. The Labute approximate surface area is 111 Å². The SMILES string of the molecule is CNC(=O)C1(C)CCN(C(=O)C(Br)C(C)C)C1. The minimum absolute atomic E-state index is 0.0171. The molecule has 2 unspecified atom stereocenters. The van der Waals surface area contributed by atoms with Crippen molar-refractivity contribution in [3.8, 4) is 0 Å². The number of amides is 2. The molecule has 1 rings (SSSR count). The zero-order valence-corrected chi connectivity index (χ0v) is 12.5. The van der Waals surface area contributed by atoms with Crippen LogP contribution in [0.25, 0.3) is 0 Å². The van der Waals surface area contributed by atoms with Crippen LogP contribution >= 0.6 is 15.9 Å². The Morgan fingerprint density at radius 2 is 2.00 bits per heavy atom. The number of halogens is 1. The fraction of sp³-hybridized carbons (Fsp3) is 0.833. The van der Waals surface area contributed by atoms with Crippen LogP contribution in [-0.2, 0) is 9.59 Å². The van der Waals surface area contributed by atoms with Crippen LogP contribution in [0.1, 0.15) is 27.2 Å². The summed E-state index contributed by atoms with van der Waals surface area (Å²) in [5.74, 6) is 0.366. The van der Waals surface area contributed by atoms with Crippen molar-refractivity contribution in [2.45, 2.75) is 32.0 Å². The molecule has 0 spiro atoms. The maximum Gasteiger partial charge on any atom is 0.236 e. The first-order valence-corrected chi connectivity index (χ1v) is 6.88. The highest BCUT2D eigenvalue weighted by molar-refractivity contribution is 9.10. The number of likely N-dealkylation sites (tertiary alicyclic amines) is 1. The van der Waals surface area contributed by atoms with Crippen molar-refractivity contribution in [2.75, 3.05) is 20.1 Å². The van der Waals surface area contributed by atoms with Gasteiger partial charge in [-0.1, -0.05) is 29.8 Å². The highest BCUT2D eigenvalue weighted by atomic mass is 79.9. The molecule has 0 aromatic rings. The van der Waals surface area contributed by atoms with Gasteiger partial charge in [0.05, 0.1) is 10.2 Å². The molecule has 0 aliphatic carbocycles. The zero-order chi connectivity index (χ0) is 13.2. The molecule has 0 bridgehead atoms. The van der Waals surface area contributed by atoms with E-state index in [1.165, 1.54) is 0 Å². The summed E-state index contributed by atoms with van der Waals surface area (Å²) >= 11 is 3.42. The van der Waals surface area contributed by atoms with Crippen molar-refractivity contribution >= 4 is 27.7 Å². The number of alkyl halides is 1. The lowest BCUT2D eigenvalue weighted by Gasteiger charge is -2.25. The molecule has 5 heteroatoms. The molecule has 1 aliphatic rings. The predicted octanol–water partition coefficient (Wildman–Crippen LogP) is 1.39. The van der Waals surface area contributed by atoms with Crippen LogP contribution in [0, 0.1) is 11.3 Å². The van der Waals surface area contributed by atoms with Crippen LogP contribution < -0.4 is 5.32 Å². The molecule has 1 N–H and O–H groups in total. The van der Waals surface area contributed by atoms with Gasteiger partial charge in [-0.25, -0.2) is 0 Å². The van der Waals surface area contributed by atoms with Gasteiger partial charge in [-0.15, -0.1) is 0 Å². The summed E-state index contributed by atoms with van der Waals surface area (Å²) in [6.45, 7) is 7.10. The van der Waals surface area contributed by atoms with Gasteiger partial charge in [-0.3, -0.25) is 9.59 Å². The normalized spacial score (nSPS) is 26.1. The lowest BCUT2D eigenvalue weighted by atomic mass is 9.89. The van der Waals surface area contributed by atoms with Gasteiger partial charge in [-0.05, 0) is 19.3 Å². The first-order chi connectivity index (χ1) is 7.81. The summed E-state index contributed by atoms with van der Waals surface area (Å²) in [7, 11) is 1.64. The molecule has 1 heterocycles. The van der Waals surface area contributed by atoms with Gasteiger partial charge in [0, 0.05) is 20.1 Å². The van der Waals surface area contributed by atoms with Gasteiger partial charge < -0.3 is 10.2 Å². The van der Waals surface area contributed by atoms with E-state index >= 15 is 0 Å². The summed E-state index contributed by atoms with van der Waals surface area (Å²) in [6.07, 6.45) is 0.732. The standard InChI is InChI=1S/C12H21BrN2O2/c1-8(2)9(13)10(16)15-6-5-12(3,7-15)11(17)14-4/h8-9H,5-7H2,1-4H3,(H,14,17). The molecule has 1 aliphatic heterocycles. The zero-order valence-electron chi connectivity index (χ0n) is 10.9. The smallest absolute Gasteiger partial charge is 0.236 e. The minimum Gasteiger partial charge on any atom is -0.359 e. The fourth-order valence-electron chi connectivity index (χ4n) is 2.10. The Hall–Kier alpha value is -0.580. The average Bonchev–Trinajstić information content (AvgIpc) is 2.70. The number of nitrogens with one attached hydrogen (secondary N) is 1. The van der Waals surface area contributed by atoms with E-state index in [0.29, 0.717) is 13.1 Å². The van der Waals surface area contributed by atoms with E-state index in [-0.39, 0.29) is 22.6 Å². The average molecular weight is 305 g/mol. The fourth-order valence-corrected chi connectivity index (χ4v) is 2.39. The van der Waals surface area contributed by atoms with E-state index in [1.807, 2.05) is 20.8 Å². The van der Waals surface area contributed by atoms with Gasteiger partial charge in [0.1, 0.15) is 0 Å². The first kappa shape index (κ1) is 14.5. The van der Waals surface area contributed by atoms with Gasteiger partial charge in [-0.2, -0.15) is 0 Å². The summed E-state index contributed by atoms with van der Waals surface area (Å²) in [5.41, 5.74) is -0.436. The molecule has 2 amide bonds.